The predicted molar refractivity (Wildman–Crippen MR) is 86.4 cm³/mol. The maximum absolute atomic E-state index is 11.9. The number of anilines is 1. The van der Waals surface area contributed by atoms with Crippen LogP contribution in [0, 0.1) is 0 Å². The Morgan fingerprint density at radius 3 is 3.00 bits per heavy atom. The first-order chi connectivity index (χ1) is 11.1. The third-order valence-corrected chi connectivity index (χ3v) is 4.52. The molecule has 10 heteroatoms. The van der Waals surface area contributed by atoms with Gasteiger partial charge in [0.25, 0.3) is 11.1 Å². The van der Waals surface area contributed by atoms with Crippen molar-refractivity contribution in [3.05, 3.63) is 18.2 Å². The molecule has 120 valence electrons. The summed E-state index contributed by atoms with van der Waals surface area (Å²) in [6.07, 6.45) is 0. The van der Waals surface area contributed by atoms with Gasteiger partial charge in [-0.1, -0.05) is 17.8 Å². The van der Waals surface area contributed by atoms with Crippen molar-refractivity contribution in [3.63, 3.8) is 0 Å². The molecule has 1 N–H and O–H groups in total. The molecule has 2 aromatic rings. The quantitative estimate of drug-likeness (QED) is 0.810. The summed E-state index contributed by atoms with van der Waals surface area (Å²) in [7, 11) is 0. The minimum absolute atomic E-state index is 0.134. The summed E-state index contributed by atoms with van der Waals surface area (Å²) in [6, 6.07) is 5.24. The molecular weight excluding hydrogens is 340 g/mol. The maximum atomic E-state index is 11.9. The van der Waals surface area contributed by atoms with Gasteiger partial charge in [-0.25, -0.2) is 0 Å². The first-order valence-corrected chi connectivity index (χ1v) is 8.43. The summed E-state index contributed by atoms with van der Waals surface area (Å²) in [5.41, 5.74) is 1.80. The molecule has 0 saturated carbocycles. The Kier molecular flexibility index (Phi) is 4.72. The number of amides is 2. The van der Waals surface area contributed by atoms with E-state index in [2.05, 4.69) is 14.1 Å². The van der Waals surface area contributed by atoms with Crippen LogP contribution in [0.3, 0.4) is 0 Å². The summed E-state index contributed by atoms with van der Waals surface area (Å²) in [6.45, 7) is -0.0315. The van der Waals surface area contributed by atoms with E-state index in [1.165, 1.54) is 4.90 Å². The van der Waals surface area contributed by atoms with Gasteiger partial charge in [-0.05, 0) is 12.1 Å². The number of aromatic nitrogens is 2. The van der Waals surface area contributed by atoms with Gasteiger partial charge in [0.1, 0.15) is 17.6 Å². The van der Waals surface area contributed by atoms with Crippen LogP contribution in [0.1, 0.15) is 0 Å². The molecule has 0 spiro atoms. The third kappa shape index (κ3) is 3.77. The fraction of sp³-hybridized carbons (Fsp3) is 0.308. The van der Waals surface area contributed by atoms with E-state index in [0.717, 1.165) is 23.5 Å². The highest BCUT2D eigenvalue weighted by molar-refractivity contribution is 8.13. The molecule has 3 rings (SSSR count). The van der Waals surface area contributed by atoms with Gasteiger partial charge >= 0.3 is 5.97 Å². The zero-order valence-corrected chi connectivity index (χ0v) is 13.5. The normalized spacial score (nSPS) is 14.3. The largest absolute Gasteiger partial charge is 0.454 e. The second-order valence-electron chi connectivity index (χ2n) is 4.68. The van der Waals surface area contributed by atoms with Crippen molar-refractivity contribution in [1.82, 2.24) is 13.6 Å². The number of thioether (sulfide) groups is 1. The van der Waals surface area contributed by atoms with Crippen molar-refractivity contribution in [1.29, 1.82) is 0 Å². The fourth-order valence-corrected chi connectivity index (χ4v) is 3.38. The van der Waals surface area contributed by atoms with Gasteiger partial charge < -0.3 is 15.0 Å². The number of rotatable bonds is 5. The van der Waals surface area contributed by atoms with Crippen molar-refractivity contribution < 1.29 is 19.1 Å². The van der Waals surface area contributed by atoms with E-state index in [1.54, 1.807) is 18.2 Å². The van der Waals surface area contributed by atoms with Gasteiger partial charge in [-0.15, -0.1) is 0 Å². The number of nitrogens with one attached hydrogen (secondary N) is 1. The number of ether oxygens (including phenoxy) is 1. The molecule has 2 amide bonds. The lowest BCUT2D eigenvalue weighted by atomic mass is 10.2. The zero-order valence-electron chi connectivity index (χ0n) is 11.9. The molecule has 1 aliphatic rings. The summed E-state index contributed by atoms with van der Waals surface area (Å²) in [5.74, 6) is -0.413. The lowest BCUT2D eigenvalue weighted by Crippen LogP contribution is -2.32. The third-order valence-electron chi connectivity index (χ3n) is 3.09. The minimum atomic E-state index is -0.607. The van der Waals surface area contributed by atoms with E-state index in [0.29, 0.717) is 29.0 Å². The Balaban J connectivity index is 1.50. The molecule has 0 aliphatic carbocycles. The number of benzene rings is 1. The smallest absolute Gasteiger partial charge is 0.326 e. The lowest BCUT2D eigenvalue weighted by Gasteiger charge is -2.13. The second kappa shape index (κ2) is 6.92. The molecule has 0 bridgehead atoms. The maximum Gasteiger partial charge on any atom is 0.326 e. The molecule has 23 heavy (non-hydrogen) atoms. The van der Waals surface area contributed by atoms with E-state index in [9.17, 15) is 14.4 Å². The average Bonchev–Trinajstić information content (AvgIpc) is 3.15. The number of nitrogens with zero attached hydrogens (tertiary/aromatic N) is 3. The molecule has 0 unspecified atom stereocenters. The lowest BCUT2D eigenvalue weighted by molar-refractivity contribution is -0.147. The molecule has 2 heterocycles. The highest BCUT2D eigenvalue weighted by atomic mass is 32.2. The Morgan fingerprint density at radius 1 is 1.35 bits per heavy atom. The van der Waals surface area contributed by atoms with Crippen LogP contribution in [0.15, 0.2) is 18.2 Å². The number of fused-ring (bicyclic) bond motifs is 1. The highest BCUT2D eigenvalue weighted by Gasteiger charge is 2.24. The second-order valence-corrected chi connectivity index (χ2v) is 6.26. The van der Waals surface area contributed by atoms with E-state index in [-0.39, 0.29) is 11.8 Å². The number of carbonyl (C=O) groups excluding carboxylic acids is 3. The van der Waals surface area contributed by atoms with Gasteiger partial charge in [0.2, 0.25) is 0 Å². The first-order valence-electron chi connectivity index (χ1n) is 6.72. The van der Waals surface area contributed by atoms with Gasteiger partial charge in [-0.2, -0.15) is 8.75 Å². The molecule has 1 saturated heterocycles. The average molecular weight is 352 g/mol. The standard InChI is InChI=1S/C13H12N4O4S2/c18-10(7-21-11(19)6-17-4-5-22-13(17)20)14-8-2-1-3-9-12(8)16-23-15-9/h1-3H,4-7H2,(H,14,18). The van der Waals surface area contributed by atoms with Crippen LogP contribution in [-0.4, -0.2) is 56.2 Å². The van der Waals surface area contributed by atoms with Gasteiger partial charge in [0.15, 0.2) is 6.61 Å². The van der Waals surface area contributed by atoms with Crippen molar-refractivity contribution in [2.24, 2.45) is 0 Å². The van der Waals surface area contributed by atoms with Gasteiger partial charge in [0, 0.05) is 12.3 Å². The predicted octanol–water partition coefficient (Wildman–Crippen LogP) is 1.34. The zero-order chi connectivity index (χ0) is 16.2. The molecule has 8 nitrogen and oxygen atoms in total. The van der Waals surface area contributed by atoms with Crippen LogP contribution in [-0.2, 0) is 14.3 Å². The number of hydrogen-bond acceptors (Lipinski definition) is 8. The summed E-state index contributed by atoms with van der Waals surface area (Å²) in [4.78, 5) is 36.3. The topological polar surface area (TPSA) is 101 Å². The van der Waals surface area contributed by atoms with Crippen LogP contribution >= 0.6 is 23.5 Å². The van der Waals surface area contributed by atoms with Gasteiger partial charge in [0.05, 0.1) is 17.4 Å². The SMILES string of the molecule is O=C(COC(=O)CN1CCSC1=O)Nc1cccc2nsnc12. The van der Waals surface area contributed by atoms with Crippen molar-refractivity contribution in [3.8, 4) is 0 Å². The number of carbonyl (C=O) groups is 3. The van der Waals surface area contributed by atoms with Crippen LogP contribution in [0.5, 0.6) is 0 Å². The van der Waals surface area contributed by atoms with Crippen molar-refractivity contribution in [2.45, 2.75) is 0 Å². The van der Waals surface area contributed by atoms with Crippen LogP contribution in [0.2, 0.25) is 0 Å². The summed E-state index contributed by atoms with van der Waals surface area (Å²) >= 11 is 2.22. The van der Waals surface area contributed by atoms with E-state index in [4.69, 9.17) is 4.74 Å². The van der Waals surface area contributed by atoms with E-state index < -0.39 is 18.5 Å². The summed E-state index contributed by atoms with van der Waals surface area (Å²) < 4.78 is 13.1. The van der Waals surface area contributed by atoms with Crippen LogP contribution < -0.4 is 5.32 Å². The molecule has 0 atom stereocenters. The van der Waals surface area contributed by atoms with E-state index in [1.807, 2.05) is 0 Å². The molecular formula is C13H12N4O4S2. The Hall–Kier alpha value is -2.20. The molecule has 1 aromatic carbocycles. The van der Waals surface area contributed by atoms with Crippen LogP contribution in [0.4, 0.5) is 10.5 Å². The summed E-state index contributed by atoms with van der Waals surface area (Å²) in [5, 5.41) is 2.49. The molecule has 1 aliphatic heterocycles. The van der Waals surface area contributed by atoms with Crippen molar-refractivity contribution in [2.75, 3.05) is 30.8 Å². The first kappa shape index (κ1) is 15.7. The Bertz CT molecular complexity index is 763. The highest BCUT2D eigenvalue weighted by Crippen LogP contribution is 2.21. The van der Waals surface area contributed by atoms with Crippen molar-refractivity contribution >= 4 is 57.3 Å². The number of hydrogen-bond donors (Lipinski definition) is 1. The molecule has 1 aromatic heterocycles. The fourth-order valence-electron chi connectivity index (χ4n) is 2.01. The Labute approximate surface area is 139 Å². The van der Waals surface area contributed by atoms with E-state index >= 15 is 0 Å². The van der Waals surface area contributed by atoms with Gasteiger partial charge in [-0.3, -0.25) is 14.4 Å². The monoisotopic (exact) mass is 352 g/mol. The Morgan fingerprint density at radius 2 is 2.22 bits per heavy atom. The van der Waals surface area contributed by atoms with Crippen LogP contribution in [0.25, 0.3) is 11.0 Å². The number of esters is 1. The molecule has 0 radical (unpaired) electrons. The molecule has 1 fully saturated rings. The minimum Gasteiger partial charge on any atom is -0.454 e.